The van der Waals surface area contributed by atoms with Crippen LogP contribution in [0.2, 0.25) is 0 Å². The molecule has 2 aromatic rings. The van der Waals surface area contributed by atoms with Crippen LogP contribution >= 0.6 is 0 Å². The third-order valence-electron chi connectivity index (χ3n) is 5.49. The summed E-state index contributed by atoms with van der Waals surface area (Å²) in [7, 11) is 1.72. The molecule has 2 unspecified atom stereocenters. The van der Waals surface area contributed by atoms with Gasteiger partial charge in [0, 0.05) is 12.7 Å². The maximum absolute atomic E-state index is 10.5. The smallest absolute Gasteiger partial charge is 0.222 e. The van der Waals surface area contributed by atoms with Crippen molar-refractivity contribution in [3.05, 3.63) is 71.6 Å². The van der Waals surface area contributed by atoms with Gasteiger partial charge in [-0.2, -0.15) is 4.58 Å². The molecule has 1 aliphatic rings. The molecule has 0 radical (unpaired) electrons. The lowest BCUT2D eigenvalue weighted by Crippen LogP contribution is -2.38. The molecule has 0 saturated heterocycles. The molecule has 0 aliphatic carbocycles. The second kappa shape index (κ2) is 7.92. The molecular formula is C25H32NO2+. The summed E-state index contributed by atoms with van der Waals surface area (Å²) in [5, 5.41) is 13.0. The zero-order chi connectivity index (χ0) is 20.5. The van der Waals surface area contributed by atoms with Crippen LogP contribution in [-0.4, -0.2) is 35.7 Å². The van der Waals surface area contributed by atoms with Gasteiger partial charge in [-0.05, 0) is 45.9 Å². The summed E-state index contributed by atoms with van der Waals surface area (Å²) in [5.41, 5.74) is 3.77. The molecule has 0 spiro atoms. The SMILES string of the molecule is C=C(O)C1C(COC)c2c(cc(C(C)(C)C)c3ccccc23)C=[N+]1/C=C\CC. The van der Waals surface area contributed by atoms with Gasteiger partial charge in [-0.15, -0.1) is 0 Å². The van der Waals surface area contributed by atoms with Crippen LogP contribution in [0.1, 0.15) is 56.7 Å². The van der Waals surface area contributed by atoms with E-state index in [9.17, 15) is 5.11 Å². The fraction of sp³-hybridized carbons (Fsp3) is 0.400. The van der Waals surface area contributed by atoms with E-state index in [4.69, 9.17) is 4.74 Å². The number of hydrogen-bond acceptors (Lipinski definition) is 2. The average Bonchev–Trinajstić information content (AvgIpc) is 2.64. The van der Waals surface area contributed by atoms with Crippen LogP contribution in [-0.2, 0) is 10.2 Å². The molecule has 0 bridgehead atoms. The van der Waals surface area contributed by atoms with E-state index in [0.29, 0.717) is 6.61 Å². The van der Waals surface area contributed by atoms with Gasteiger partial charge in [-0.25, -0.2) is 0 Å². The van der Waals surface area contributed by atoms with Crippen molar-refractivity contribution >= 4 is 17.0 Å². The normalized spacial score (nSPS) is 19.7. The largest absolute Gasteiger partial charge is 0.506 e. The van der Waals surface area contributed by atoms with Crippen LogP contribution < -0.4 is 0 Å². The summed E-state index contributed by atoms with van der Waals surface area (Å²) in [5.74, 6) is 0.150. The number of benzene rings is 2. The van der Waals surface area contributed by atoms with Crippen molar-refractivity contribution < 1.29 is 14.4 Å². The van der Waals surface area contributed by atoms with Gasteiger partial charge in [-0.1, -0.05) is 58.5 Å². The molecule has 3 heteroatoms. The van der Waals surface area contributed by atoms with Crippen LogP contribution in [0.3, 0.4) is 0 Å². The molecule has 1 N–H and O–H groups in total. The van der Waals surface area contributed by atoms with Crippen molar-refractivity contribution in [3.63, 3.8) is 0 Å². The van der Waals surface area contributed by atoms with E-state index in [1.54, 1.807) is 7.11 Å². The lowest BCUT2D eigenvalue weighted by atomic mass is 9.76. The molecule has 3 nitrogen and oxygen atoms in total. The first-order chi connectivity index (χ1) is 13.3. The Morgan fingerprint density at radius 3 is 2.50 bits per heavy atom. The average molecular weight is 379 g/mol. The number of aliphatic hydroxyl groups is 1. The molecule has 28 heavy (non-hydrogen) atoms. The van der Waals surface area contributed by atoms with Gasteiger partial charge in [0.05, 0.1) is 12.5 Å². The third kappa shape index (κ3) is 3.64. The summed E-state index contributed by atoms with van der Waals surface area (Å²) in [6, 6.07) is 10.6. The highest BCUT2D eigenvalue weighted by Crippen LogP contribution is 2.40. The summed E-state index contributed by atoms with van der Waals surface area (Å²) in [6.07, 6.45) is 7.22. The molecule has 1 aliphatic heterocycles. The summed E-state index contributed by atoms with van der Waals surface area (Å²) < 4.78 is 7.68. The molecule has 2 aromatic carbocycles. The van der Waals surface area contributed by atoms with Gasteiger partial charge in [0.1, 0.15) is 0 Å². The van der Waals surface area contributed by atoms with Gasteiger partial charge in [0.25, 0.3) is 0 Å². The van der Waals surface area contributed by atoms with Crippen LogP contribution in [0.25, 0.3) is 10.8 Å². The molecule has 0 aromatic heterocycles. The zero-order valence-corrected chi connectivity index (χ0v) is 17.7. The van der Waals surface area contributed by atoms with E-state index in [2.05, 4.69) is 81.5 Å². The highest BCUT2D eigenvalue weighted by Gasteiger charge is 2.40. The maximum Gasteiger partial charge on any atom is 0.222 e. The topological polar surface area (TPSA) is 32.5 Å². The van der Waals surface area contributed by atoms with E-state index in [1.165, 1.54) is 27.5 Å². The number of nitrogens with zero attached hydrogens (tertiary/aromatic N) is 1. The van der Waals surface area contributed by atoms with E-state index in [-0.39, 0.29) is 23.1 Å². The van der Waals surface area contributed by atoms with Gasteiger partial charge >= 0.3 is 0 Å². The Bertz CT molecular complexity index is 947. The Balaban J connectivity index is 2.39. The fourth-order valence-corrected chi connectivity index (χ4v) is 4.29. The number of methoxy groups -OCH3 is 1. The van der Waals surface area contributed by atoms with Crippen molar-refractivity contribution in [2.24, 2.45) is 0 Å². The maximum atomic E-state index is 10.5. The molecule has 0 amide bonds. The predicted octanol–water partition coefficient (Wildman–Crippen LogP) is 5.68. The summed E-state index contributed by atoms with van der Waals surface area (Å²) >= 11 is 0. The Morgan fingerprint density at radius 2 is 1.93 bits per heavy atom. The monoisotopic (exact) mass is 378 g/mol. The Labute approximate surface area is 168 Å². The number of hydrogen-bond donors (Lipinski definition) is 1. The Kier molecular flexibility index (Phi) is 5.76. The second-order valence-electron chi connectivity index (χ2n) is 8.59. The minimum absolute atomic E-state index is 0.0112. The lowest BCUT2D eigenvalue weighted by molar-refractivity contribution is -0.497. The van der Waals surface area contributed by atoms with Crippen LogP contribution in [0, 0.1) is 0 Å². The van der Waals surface area contributed by atoms with Gasteiger partial charge in [-0.3, -0.25) is 0 Å². The molecule has 3 rings (SSSR count). The molecule has 0 fully saturated rings. The third-order valence-corrected chi connectivity index (χ3v) is 5.49. The summed E-state index contributed by atoms with van der Waals surface area (Å²) in [6.45, 7) is 13.3. The van der Waals surface area contributed by atoms with Crippen molar-refractivity contribution in [2.75, 3.05) is 13.7 Å². The fourth-order valence-electron chi connectivity index (χ4n) is 4.29. The standard InChI is InChI=1S/C25H31NO2/c1-7-8-13-26-15-18-14-22(25(3,4)5)19-11-9-10-12-20(19)23(18)21(16-28-6)24(26)17(2)27/h8-15,21,24H,2,7,16H2,1,3-6H3/p+1/b13-8-. The minimum Gasteiger partial charge on any atom is -0.506 e. The minimum atomic E-state index is -0.251. The number of aliphatic hydroxyl groups excluding tert-OH is 1. The molecule has 0 saturated carbocycles. The van der Waals surface area contributed by atoms with Crippen LogP contribution in [0.4, 0.5) is 0 Å². The predicted molar refractivity (Wildman–Crippen MR) is 118 cm³/mol. The summed E-state index contributed by atoms with van der Waals surface area (Å²) in [4.78, 5) is 0. The van der Waals surface area contributed by atoms with Gasteiger partial charge in [0.15, 0.2) is 18.2 Å². The molecule has 148 valence electrons. The number of ether oxygens (including phenoxy) is 1. The number of allylic oxidation sites excluding steroid dienone is 1. The number of fused-ring (bicyclic) bond motifs is 3. The first-order valence-corrected chi connectivity index (χ1v) is 10.0. The van der Waals surface area contributed by atoms with E-state index < -0.39 is 0 Å². The van der Waals surface area contributed by atoms with E-state index in [0.717, 1.165) is 6.42 Å². The highest BCUT2D eigenvalue weighted by atomic mass is 16.5. The molecule has 2 atom stereocenters. The number of rotatable bonds is 5. The Morgan fingerprint density at radius 1 is 1.25 bits per heavy atom. The van der Waals surface area contributed by atoms with Crippen molar-refractivity contribution in [1.29, 1.82) is 0 Å². The van der Waals surface area contributed by atoms with Crippen LogP contribution in [0.15, 0.2) is 54.9 Å². The zero-order valence-electron chi connectivity index (χ0n) is 17.7. The molecular weight excluding hydrogens is 346 g/mol. The van der Waals surface area contributed by atoms with Gasteiger partial charge < -0.3 is 9.84 Å². The molecule has 1 heterocycles. The van der Waals surface area contributed by atoms with E-state index in [1.807, 2.05) is 6.20 Å². The van der Waals surface area contributed by atoms with Crippen LogP contribution in [0.5, 0.6) is 0 Å². The van der Waals surface area contributed by atoms with Crippen molar-refractivity contribution in [1.82, 2.24) is 0 Å². The quantitative estimate of drug-likeness (QED) is 0.536. The van der Waals surface area contributed by atoms with Crippen molar-refractivity contribution in [2.45, 2.75) is 51.5 Å². The van der Waals surface area contributed by atoms with Crippen molar-refractivity contribution in [3.8, 4) is 0 Å². The van der Waals surface area contributed by atoms with Gasteiger partial charge in [0.2, 0.25) is 6.04 Å². The first-order valence-electron chi connectivity index (χ1n) is 10.0. The van der Waals surface area contributed by atoms with E-state index >= 15 is 0 Å². The first kappa shape index (κ1) is 20.3. The second-order valence-corrected chi connectivity index (χ2v) is 8.59. The lowest BCUT2D eigenvalue weighted by Gasteiger charge is -2.31. The highest BCUT2D eigenvalue weighted by molar-refractivity contribution is 5.97. The Hall–Kier alpha value is -2.39.